The van der Waals surface area contributed by atoms with Gasteiger partial charge in [0.1, 0.15) is 0 Å². The van der Waals surface area contributed by atoms with Crippen LogP contribution < -0.4 is 11.2 Å². The van der Waals surface area contributed by atoms with Gasteiger partial charge in [-0.1, -0.05) is 36.0 Å². The fourth-order valence-corrected chi connectivity index (χ4v) is 4.72. The van der Waals surface area contributed by atoms with E-state index in [0.29, 0.717) is 22.9 Å². The molecular formula is C21H25N5O3S. The Morgan fingerprint density at radius 2 is 1.80 bits per heavy atom. The van der Waals surface area contributed by atoms with Gasteiger partial charge in [0, 0.05) is 27.2 Å². The first-order valence-corrected chi connectivity index (χ1v) is 11.0. The highest BCUT2D eigenvalue weighted by atomic mass is 32.2. The molecule has 1 aliphatic rings. The van der Waals surface area contributed by atoms with Crippen molar-refractivity contribution >= 4 is 28.8 Å². The van der Waals surface area contributed by atoms with E-state index in [4.69, 9.17) is 0 Å². The Kier molecular flexibility index (Phi) is 5.55. The number of carbonyl (C=O) groups is 1. The molecule has 3 heterocycles. The quantitative estimate of drug-likeness (QED) is 0.577. The highest BCUT2D eigenvalue weighted by molar-refractivity contribution is 7.99. The van der Waals surface area contributed by atoms with Crippen molar-refractivity contribution < 1.29 is 4.79 Å². The molecule has 1 amide bonds. The normalized spacial score (nSPS) is 14.0. The minimum Gasteiger partial charge on any atom is -0.342 e. The maximum absolute atomic E-state index is 13.0. The number of imidazole rings is 1. The molecule has 0 N–H and O–H groups in total. The van der Waals surface area contributed by atoms with Gasteiger partial charge in [-0.3, -0.25) is 18.7 Å². The third-order valence-corrected chi connectivity index (χ3v) is 6.65. The Hall–Kier alpha value is -2.81. The molecule has 0 radical (unpaired) electrons. The molecule has 0 atom stereocenters. The van der Waals surface area contributed by atoms with Crippen LogP contribution in [0.4, 0.5) is 0 Å². The molecule has 0 saturated carbocycles. The summed E-state index contributed by atoms with van der Waals surface area (Å²) in [4.78, 5) is 44.4. The van der Waals surface area contributed by atoms with Gasteiger partial charge in [0.2, 0.25) is 5.91 Å². The lowest BCUT2D eigenvalue weighted by atomic mass is 10.1. The summed E-state index contributed by atoms with van der Waals surface area (Å²) in [5.41, 5.74) is 2.07. The second kappa shape index (κ2) is 8.14. The Balaban J connectivity index is 1.79. The Morgan fingerprint density at radius 1 is 1.10 bits per heavy atom. The van der Waals surface area contributed by atoms with E-state index in [-0.39, 0.29) is 17.2 Å². The van der Waals surface area contributed by atoms with Crippen molar-refractivity contribution in [1.82, 2.24) is 23.6 Å². The van der Waals surface area contributed by atoms with Crippen molar-refractivity contribution in [3.63, 3.8) is 0 Å². The van der Waals surface area contributed by atoms with Crippen LogP contribution in [0.25, 0.3) is 11.2 Å². The lowest BCUT2D eigenvalue weighted by Gasteiger charge is -2.15. The number of amides is 1. The van der Waals surface area contributed by atoms with Crippen LogP contribution in [0.5, 0.6) is 0 Å². The number of nitrogens with zero attached hydrogens (tertiary/aromatic N) is 5. The summed E-state index contributed by atoms with van der Waals surface area (Å²) in [7, 11) is 3.08. The van der Waals surface area contributed by atoms with Crippen LogP contribution in [0.2, 0.25) is 0 Å². The van der Waals surface area contributed by atoms with Crippen molar-refractivity contribution in [3.8, 4) is 0 Å². The number of fused-ring (bicyclic) bond motifs is 1. The number of hydrogen-bond acceptors (Lipinski definition) is 5. The molecule has 0 aliphatic carbocycles. The number of hydrogen-bond donors (Lipinski definition) is 0. The van der Waals surface area contributed by atoms with Gasteiger partial charge >= 0.3 is 5.69 Å². The van der Waals surface area contributed by atoms with E-state index in [1.807, 2.05) is 40.7 Å². The standard InChI is InChI=1S/C21H25N5O3S/c1-14-8-4-5-9-15(14)12-26-17-18(23(2)21(29)24(3)19(17)28)22-20(26)30-13-16(27)25-10-6-7-11-25/h4-5,8-9H,6-7,10-13H2,1-3H3. The van der Waals surface area contributed by atoms with Gasteiger partial charge in [-0.25, -0.2) is 9.78 Å². The van der Waals surface area contributed by atoms with E-state index >= 15 is 0 Å². The first-order chi connectivity index (χ1) is 14.4. The fourth-order valence-electron chi connectivity index (χ4n) is 3.83. The summed E-state index contributed by atoms with van der Waals surface area (Å²) in [6.45, 7) is 4.06. The van der Waals surface area contributed by atoms with Crippen molar-refractivity contribution in [2.75, 3.05) is 18.8 Å². The van der Waals surface area contributed by atoms with Crippen molar-refractivity contribution in [1.29, 1.82) is 0 Å². The van der Waals surface area contributed by atoms with Crippen LogP contribution in [0.3, 0.4) is 0 Å². The topological polar surface area (TPSA) is 82.1 Å². The van der Waals surface area contributed by atoms with Crippen LogP contribution in [0.1, 0.15) is 24.0 Å². The Labute approximate surface area is 178 Å². The number of likely N-dealkylation sites (tertiary alicyclic amines) is 1. The molecule has 1 aliphatic heterocycles. The summed E-state index contributed by atoms with van der Waals surface area (Å²) in [6, 6.07) is 7.96. The molecule has 0 unspecified atom stereocenters. The van der Waals surface area contributed by atoms with Crippen LogP contribution in [-0.2, 0) is 25.4 Å². The van der Waals surface area contributed by atoms with E-state index < -0.39 is 5.69 Å². The first kappa shape index (κ1) is 20.5. The molecule has 1 fully saturated rings. The van der Waals surface area contributed by atoms with Crippen molar-refractivity contribution in [2.45, 2.75) is 31.5 Å². The van der Waals surface area contributed by atoms with Gasteiger partial charge in [0.05, 0.1) is 12.3 Å². The Morgan fingerprint density at radius 3 is 2.50 bits per heavy atom. The zero-order valence-corrected chi connectivity index (χ0v) is 18.2. The summed E-state index contributed by atoms with van der Waals surface area (Å²) in [5, 5.41) is 0.569. The molecule has 8 nitrogen and oxygen atoms in total. The smallest absolute Gasteiger partial charge is 0.332 e. The largest absolute Gasteiger partial charge is 0.342 e. The van der Waals surface area contributed by atoms with Gasteiger partial charge in [0.15, 0.2) is 16.3 Å². The predicted molar refractivity (Wildman–Crippen MR) is 117 cm³/mol. The third-order valence-electron chi connectivity index (χ3n) is 5.69. The third kappa shape index (κ3) is 3.58. The average molecular weight is 428 g/mol. The highest BCUT2D eigenvalue weighted by Crippen LogP contribution is 2.24. The highest BCUT2D eigenvalue weighted by Gasteiger charge is 2.23. The Bertz CT molecular complexity index is 1230. The molecule has 0 spiro atoms. The van der Waals surface area contributed by atoms with Crippen LogP contribution in [0.15, 0.2) is 39.0 Å². The number of thioether (sulfide) groups is 1. The van der Waals surface area contributed by atoms with E-state index in [9.17, 15) is 14.4 Å². The molecule has 158 valence electrons. The summed E-state index contributed by atoms with van der Waals surface area (Å²) >= 11 is 1.32. The molecule has 3 aromatic rings. The molecule has 9 heteroatoms. The number of rotatable bonds is 5. The van der Waals surface area contributed by atoms with Gasteiger partial charge in [-0.05, 0) is 30.9 Å². The molecule has 1 aromatic carbocycles. The number of carbonyl (C=O) groups excluding carboxylic acids is 1. The van der Waals surface area contributed by atoms with Crippen LogP contribution in [0, 0.1) is 6.92 Å². The SMILES string of the molecule is Cc1ccccc1Cn1c(SCC(=O)N2CCCC2)nc2c1c(=O)n(C)c(=O)n2C. The lowest BCUT2D eigenvalue weighted by Crippen LogP contribution is -2.37. The molecular weight excluding hydrogens is 402 g/mol. The number of aromatic nitrogens is 4. The second-order valence-electron chi connectivity index (χ2n) is 7.66. The van der Waals surface area contributed by atoms with E-state index in [0.717, 1.165) is 41.6 Å². The second-order valence-corrected chi connectivity index (χ2v) is 8.60. The average Bonchev–Trinajstić information content (AvgIpc) is 3.39. The maximum atomic E-state index is 13.0. The lowest BCUT2D eigenvalue weighted by molar-refractivity contribution is -0.127. The van der Waals surface area contributed by atoms with Crippen molar-refractivity contribution in [3.05, 3.63) is 56.2 Å². The fraction of sp³-hybridized carbons (Fsp3) is 0.429. The number of aryl methyl sites for hydroxylation is 2. The van der Waals surface area contributed by atoms with Gasteiger partial charge in [-0.2, -0.15) is 0 Å². The first-order valence-electron chi connectivity index (χ1n) is 10.00. The summed E-state index contributed by atoms with van der Waals surface area (Å²) in [6.07, 6.45) is 2.08. The minimum absolute atomic E-state index is 0.0776. The zero-order chi connectivity index (χ0) is 21.4. The van der Waals surface area contributed by atoms with Crippen molar-refractivity contribution in [2.24, 2.45) is 14.1 Å². The van der Waals surface area contributed by atoms with Crippen LogP contribution >= 0.6 is 11.8 Å². The molecule has 2 aromatic heterocycles. The molecule has 30 heavy (non-hydrogen) atoms. The molecule has 0 bridgehead atoms. The van der Waals surface area contributed by atoms with E-state index in [1.165, 1.54) is 23.4 Å². The predicted octanol–water partition coefficient (Wildman–Crippen LogP) is 1.50. The summed E-state index contributed by atoms with van der Waals surface area (Å²) in [5.74, 6) is 0.333. The van der Waals surface area contributed by atoms with E-state index in [1.54, 1.807) is 7.05 Å². The zero-order valence-electron chi connectivity index (χ0n) is 17.4. The van der Waals surface area contributed by atoms with Crippen LogP contribution in [-0.4, -0.2) is 48.3 Å². The molecule has 1 saturated heterocycles. The monoisotopic (exact) mass is 427 g/mol. The van der Waals surface area contributed by atoms with Gasteiger partial charge < -0.3 is 9.47 Å². The molecule has 4 rings (SSSR count). The van der Waals surface area contributed by atoms with Gasteiger partial charge in [-0.15, -0.1) is 0 Å². The summed E-state index contributed by atoms with van der Waals surface area (Å²) < 4.78 is 4.32. The maximum Gasteiger partial charge on any atom is 0.332 e. The van der Waals surface area contributed by atoms with E-state index in [2.05, 4.69) is 4.98 Å². The minimum atomic E-state index is -0.419. The van der Waals surface area contributed by atoms with Gasteiger partial charge in [0.25, 0.3) is 5.56 Å². The number of benzene rings is 1.